The number of anilines is 1. The number of ether oxygens (including phenoxy) is 1. The van der Waals surface area contributed by atoms with Gasteiger partial charge in [-0.25, -0.2) is 26.4 Å². The van der Waals surface area contributed by atoms with Crippen LogP contribution in [0.4, 0.5) is 23.7 Å². The lowest BCUT2D eigenvalue weighted by atomic mass is 9.80. The van der Waals surface area contributed by atoms with E-state index in [2.05, 4.69) is 10.0 Å². The van der Waals surface area contributed by atoms with Gasteiger partial charge in [-0.05, 0) is 95.9 Å². The van der Waals surface area contributed by atoms with E-state index in [1.807, 2.05) is 0 Å². The van der Waals surface area contributed by atoms with Crippen molar-refractivity contribution in [2.24, 2.45) is 5.92 Å². The molecule has 3 N–H and O–H groups in total. The number of nitrogens with one attached hydrogen (secondary N) is 3. The molecule has 1 aromatic rings. The van der Waals surface area contributed by atoms with Gasteiger partial charge in [0.2, 0.25) is 26.0 Å². The second kappa shape index (κ2) is 13.0. The third kappa shape index (κ3) is 10.0. The fourth-order valence-corrected chi connectivity index (χ4v) is 7.28. The summed E-state index contributed by atoms with van der Waals surface area (Å²) in [7, 11) is -7.02. The quantitative estimate of drug-likeness (QED) is 0.353. The third-order valence-corrected chi connectivity index (χ3v) is 10.1. The van der Waals surface area contributed by atoms with Crippen LogP contribution in [-0.2, 0) is 29.6 Å². The van der Waals surface area contributed by atoms with E-state index in [9.17, 15) is 39.6 Å². The first-order valence-electron chi connectivity index (χ1n) is 13.7. The Hall–Kier alpha value is -2.59. The van der Waals surface area contributed by atoms with Gasteiger partial charge in [0.25, 0.3) is 0 Å². The zero-order valence-corrected chi connectivity index (χ0v) is 25.7. The maximum atomic E-state index is 13.4. The van der Waals surface area contributed by atoms with Crippen LogP contribution in [0.2, 0.25) is 0 Å². The molecule has 16 heteroatoms. The number of carbonyl (C=O) groups is 2. The average molecular weight is 641 g/mol. The molecule has 11 nitrogen and oxygen atoms in total. The van der Waals surface area contributed by atoms with E-state index in [0.717, 1.165) is 43.5 Å². The smallest absolute Gasteiger partial charge is 0.408 e. The van der Waals surface area contributed by atoms with Crippen molar-refractivity contribution in [3.05, 3.63) is 24.3 Å². The van der Waals surface area contributed by atoms with Crippen molar-refractivity contribution in [3.8, 4) is 0 Å². The van der Waals surface area contributed by atoms with E-state index in [4.69, 9.17) is 4.74 Å². The van der Waals surface area contributed by atoms with Crippen LogP contribution < -0.4 is 14.8 Å². The summed E-state index contributed by atoms with van der Waals surface area (Å²) in [5.41, 5.74) is -0.960. The molecule has 0 spiro atoms. The zero-order valence-electron chi connectivity index (χ0n) is 24.0. The van der Waals surface area contributed by atoms with E-state index >= 15 is 0 Å². The molecule has 1 atom stereocenters. The highest BCUT2D eigenvalue weighted by molar-refractivity contribution is 7.92. The number of carbonyl (C=O) groups excluding carboxylic acids is 2. The minimum absolute atomic E-state index is 0.120. The average Bonchev–Trinajstić information content (AvgIpc) is 2.78. The topological polar surface area (TPSA) is 151 Å². The van der Waals surface area contributed by atoms with E-state index in [0.29, 0.717) is 25.7 Å². The van der Waals surface area contributed by atoms with Crippen LogP contribution in [0, 0.1) is 5.92 Å². The van der Waals surface area contributed by atoms with Gasteiger partial charge in [-0.15, -0.1) is 0 Å². The molecule has 0 saturated heterocycles. The number of halogens is 3. The molecular weight excluding hydrogens is 601 g/mol. The molecule has 0 radical (unpaired) electrons. The fourth-order valence-electron chi connectivity index (χ4n) is 4.98. The van der Waals surface area contributed by atoms with Crippen LogP contribution in [0.3, 0.4) is 0 Å². The first kappa shape index (κ1) is 33.9. The second-order valence-corrected chi connectivity index (χ2v) is 15.3. The highest BCUT2D eigenvalue weighted by atomic mass is 32.2. The van der Waals surface area contributed by atoms with Crippen molar-refractivity contribution in [3.63, 3.8) is 0 Å². The summed E-state index contributed by atoms with van der Waals surface area (Å²) in [5, 5.41) is 2.75. The van der Waals surface area contributed by atoms with E-state index in [1.165, 1.54) is 0 Å². The largest absolute Gasteiger partial charge is 0.444 e. The molecule has 3 rings (SSSR count). The van der Waals surface area contributed by atoms with Crippen molar-refractivity contribution in [2.75, 3.05) is 17.5 Å². The molecule has 2 aliphatic carbocycles. The molecule has 238 valence electrons. The normalized spacial score (nSPS) is 21.1. The van der Waals surface area contributed by atoms with Gasteiger partial charge in [-0.2, -0.15) is 13.2 Å². The maximum Gasteiger partial charge on any atom is 0.408 e. The van der Waals surface area contributed by atoms with E-state index in [1.54, 1.807) is 37.4 Å². The number of nitrogens with zero attached hydrogens (tertiary/aromatic N) is 1. The first-order chi connectivity index (χ1) is 19.2. The Morgan fingerprint density at radius 3 is 2.02 bits per heavy atom. The number of hydrogen-bond donors (Lipinski definition) is 3. The first-order valence-corrected chi connectivity index (χ1v) is 16.8. The number of likely N-dealkylation sites (N-methyl/N-ethyl adjacent to an activating group) is 1. The van der Waals surface area contributed by atoms with Crippen LogP contribution in [0.25, 0.3) is 0 Å². The van der Waals surface area contributed by atoms with Crippen LogP contribution in [0.1, 0.15) is 65.7 Å². The van der Waals surface area contributed by atoms with Crippen LogP contribution in [0.15, 0.2) is 29.2 Å². The SMILES string of the molecule is CN(C(=O)[C@@H](NC(=O)OC(C)(C)C)[C@H]1CC[C@H](NS(=O)(=O)c2ccc(NS(=O)(=O)CC(F)(F)F)cc2)CC1)C1CCC1. The molecule has 2 amide bonds. The molecule has 0 aliphatic heterocycles. The second-order valence-electron chi connectivity index (χ2n) is 11.9. The van der Waals surface area contributed by atoms with Crippen molar-refractivity contribution in [1.29, 1.82) is 0 Å². The number of alkyl halides is 3. The number of rotatable bonds is 10. The summed E-state index contributed by atoms with van der Waals surface area (Å²) in [6, 6.07) is 3.15. The minimum atomic E-state index is -4.93. The Morgan fingerprint density at radius 2 is 1.55 bits per heavy atom. The highest BCUT2D eigenvalue weighted by Gasteiger charge is 2.39. The van der Waals surface area contributed by atoms with Crippen molar-refractivity contribution < 1.29 is 44.3 Å². The summed E-state index contributed by atoms with van der Waals surface area (Å²) in [6.45, 7) is 5.17. The van der Waals surface area contributed by atoms with Crippen molar-refractivity contribution in [1.82, 2.24) is 14.9 Å². The number of sulfonamides is 2. The van der Waals surface area contributed by atoms with Gasteiger partial charge < -0.3 is 15.0 Å². The van der Waals surface area contributed by atoms with Gasteiger partial charge in [-0.3, -0.25) is 9.52 Å². The molecule has 2 aliphatic rings. The molecular formula is C26H39F3N4O7S2. The number of amides is 2. The van der Waals surface area contributed by atoms with Gasteiger partial charge in [0.1, 0.15) is 11.6 Å². The van der Waals surface area contributed by atoms with Gasteiger partial charge in [0, 0.05) is 24.8 Å². The lowest BCUT2D eigenvalue weighted by Gasteiger charge is -2.40. The van der Waals surface area contributed by atoms with Gasteiger partial charge in [0.05, 0.1) is 4.90 Å². The minimum Gasteiger partial charge on any atom is -0.444 e. The Kier molecular flexibility index (Phi) is 10.5. The van der Waals surface area contributed by atoms with Gasteiger partial charge in [0.15, 0.2) is 5.75 Å². The summed E-state index contributed by atoms with van der Waals surface area (Å²) < 4.78 is 96.4. The molecule has 2 saturated carbocycles. The molecule has 0 heterocycles. The van der Waals surface area contributed by atoms with Gasteiger partial charge >= 0.3 is 12.3 Å². The van der Waals surface area contributed by atoms with E-state index in [-0.39, 0.29) is 28.4 Å². The molecule has 2 fully saturated rings. The molecule has 1 aromatic carbocycles. The predicted molar refractivity (Wildman–Crippen MR) is 150 cm³/mol. The Bertz CT molecular complexity index is 1320. The standard InChI is InChI=1S/C26H39F3N4O7S2/c1-25(2,3)40-24(35)30-22(23(34)33(4)20-6-5-7-20)17-8-10-19(11-9-17)32-42(38,39)21-14-12-18(13-15-21)31-41(36,37)16-26(27,28)29/h12-15,17,19-20,22,31-32H,5-11,16H2,1-4H3,(H,30,35)/t17-,19-,22-/m0/s1. The summed E-state index contributed by atoms with van der Waals surface area (Å²) >= 11 is 0. The highest BCUT2D eigenvalue weighted by Crippen LogP contribution is 2.31. The molecule has 0 bridgehead atoms. The Labute approximate surface area is 245 Å². The van der Waals surface area contributed by atoms with Crippen molar-refractivity contribution >= 4 is 37.7 Å². The lowest BCUT2D eigenvalue weighted by Crippen LogP contribution is -2.56. The number of alkyl carbamates (subject to hydrolysis) is 1. The summed E-state index contributed by atoms with van der Waals surface area (Å²) in [4.78, 5) is 27.5. The van der Waals surface area contributed by atoms with Crippen LogP contribution in [0.5, 0.6) is 0 Å². The summed E-state index contributed by atoms with van der Waals surface area (Å²) in [6.07, 6.45) is -1.09. The zero-order chi connectivity index (χ0) is 31.5. The molecule has 0 aromatic heterocycles. The lowest BCUT2D eigenvalue weighted by molar-refractivity contribution is -0.137. The Balaban J connectivity index is 1.62. The number of benzene rings is 1. The van der Waals surface area contributed by atoms with Crippen LogP contribution >= 0.6 is 0 Å². The Morgan fingerprint density at radius 1 is 0.976 bits per heavy atom. The predicted octanol–water partition coefficient (Wildman–Crippen LogP) is 3.73. The molecule has 42 heavy (non-hydrogen) atoms. The third-order valence-electron chi connectivity index (χ3n) is 7.27. The van der Waals surface area contributed by atoms with E-state index < -0.39 is 55.8 Å². The van der Waals surface area contributed by atoms with Crippen LogP contribution in [-0.4, -0.2) is 76.4 Å². The van der Waals surface area contributed by atoms with Gasteiger partial charge in [-0.1, -0.05) is 0 Å². The summed E-state index contributed by atoms with van der Waals surface area (Å²) in [5.74, 6) is -2.51. The van der Waals surface area contributed by atoms with Crippen molar-refractivity contribution in [2.45, 2.75) is 101 Å². The fraction of sp³-hybridized carbons (Fsp3) is 0.692. The monoisotopic (exact) mass is 640 g/mol. The molecule has 0 unspecified atom stereocenters. The number of hydrogen-bond acceptors (Lipinski definition) is 7. The maximum absolute atomic E-state index is 13.4.